The van der Waals surface area contributed by atoms with Gasteiger partial charge in [-0.2, -0.15) is 0 Å². The number of nitrogens with zero attached hydrogens (tertiary/aromatic N) is 3. The number of amides is 1. The number of benzene rings is 1. The van der Waals surface area contributed by atoms with Crippen LogP contribution in [-0.2, 0) is 4.74 Å². The highest BCUT2D eigenvalue weighted by Gasteiger charge is 2.13. The maximum absolute atomic E-state index is 12.7. The number of aromatic nitrogens is 2. The van der Waals surface area contributed by atoms with Crippen LogP contribution in [0.25, 0.3) is 0 Å². The van der Waals surface area contributed by atoms with E-state index in [-0.39, 0.29) is 5.91 Å². The number of hydrogen-bond donors (Lipinski definition) is 2. The predicted octanol–water partition coefficient (Wildman–Crippen LogP) is 3.64. The first-order valence-electron chi connectivity index (χ1n) is 9.73. The highest BCUT2D eigenvalue weighted by Crippen LogP contribution is 2.23. The van der Waals surface area contributed by atoms with Crippen LogP contribution in [-0.4, -0.2) is 49.2 Å². The van der Waals surface area contributed by atoms with E-state index in [1.165, 1.54) is 0 Å². The van der Waals surface area contributed by atoms with Crippen molar-refractivity contribution in [3.8, 4) is 0 Å². The summed E-state index contributed by atoms with van der Waals surface area (Å²) in [6.07, 6.45) is 0.841. The van der Waals surface area contributed by atoms with Crippen LogP contribution in [0.3, 0.4) is 0 Å². The smallest absolute Gasteiger partial charge is 0.274 e. The van der Waals surface area contributed by atoms with Crippen molar-refractivity contribution in [2.45, 2.75) is 34.1 Å². The molecule has 0 bridgehead atoms. The summed E-state index contributed by atoms with van der Waals surface area (Å²) in [5.74, 6) is 0.207. The number of rotatable bonds is 10. The van der Waals surface area contributed by atoms with Gasteiger partial charge in [0, 0.05) is 50.4 Å². The molecular formula is C21H31N5O2. The Kier molecular flexibility index (Phi) is 8.19. The van der Waals surface area contributed by atoms with Crippen LogP contribution in [0.15, 0.2) is 24.3 Å². The van der Waals surface area contributed by atoms with Gasteiger partial charge in [-0.25, -0.2) is 9.97 Å². The molecule has 1 aromatic carbocycles. The third kappa shape index (κ3) is 5.92. The van der Waals surface area contributed by atoms with Crippen LogP contribution >= 0.6 is 0 Å². The molecule has 28 heavy (non-hydrogen) atoms. The zero-order valence-corrected chi connectivity index (χ0v) is 17.5. The minimum absolute atomic E-state index is 0.246. The number of anilines is 3. The summed E-state index contributed by atoms with van der Waals surface area (Å²) < 4.78 is 5.03. The van der Waals surface area contributed by atoms with Gasteiger partial charge >= 0.3 is 0 Å². The van der Waals surface area contributed by atoms with Gasteiger partial charge in [0.2, 0.25) is 5.95 Å². The minimum Gasteiger partial charge on any atom is -0.385 e. The van der Waals surface area contributed by atoms with Gasteiger partial charge in [0.1, 0.15) is 5.69 Å². The molecule has 7 heteroatoms. The minimum atomic E-state index is -0.246. The molecule has 0 aliphatic heterocycles. The van der Waals surface area contributed by atoms with E-state index in [4.69, 9.17) is 4.74 Å². The van der Waals surface area contributed by atoms with Crippen molar-refractivity contribution >= 4 is 23.2 Å². The molecule has 7 nitrogen and oxygen atoms in total. The number of aryl methyl sites for hydroxylation is 2. The molecule has 0 atom stereocenters. The third-order valence-electron chi connectivity index (χ3n) is 4.48. The molecule has 0 aliphatic carbocycles. The number of hydrogen-bond acceptors (Lipinski definition) is 6. The number of nitrogens with one attached hydrogen (secondary N) is 2. The van der Waals surface area contributed by atoms with E-state index in [9.17, 15) is 4.79 Å². The van der Waals surface area contributed by atoms with E-state index in [0.717, 1.165) is 42.1 Å². The molecule has 1 aromatic heterocycles. The van der Waals surface area contributed by atoms with E-state index >= 15 is 0 Å². The number of carbonyl (C=O) groups is 1. The second-order valence-electron chi connectivity index (χ2n) is 6.62. The van der Waals surface area contributed by atoms with Crippen LogP contribution in [0.1, 0.15) is 42.0 Å². The Morgan fingerprint density at radius 1 is 1.14 bits per heavy atom. The normalized spacial score (nSPS) is 10.6. The van der Waals surface area contributed by atoms with E-state index < -0.39 is 0 Å². The predicted molar refractivity (Wildman–Crippen MR) is 114 cm³/mol. The molecule has 152 valence electrons. The Hall–Kier alpha value is -2.67. The topological polar surface area (TPSA) is 79.4 Å². The lowest BCUT2D eigenvalue weighted by molar-refractivity contribution is 0.102. The maximum atomic E-state index is 12.7. The molecule has 0 saturated heterocycles. The zero-order valence-electron chi connectivity index (χ0n) is 17.5. The molecule has 0 aliphatic rings. The van der Waals surface area contributed by atoms with Crippen molar-refractivity contribution < 1.29 is 9.53 Å². The number of methoxy groups -OCH3 is 1. The SMILES string of the molecule is CCN(CC)c1ccc(NC(=O)c2cc(C)nc(NCCCOC)n2)c(C)c1. The summed E-state index contributed by atoms with van der Waals surface area (Å²) in [7, 11) is 1.67. The fourth-order valence-corrected chi connectivity index (χ4v) is 2.94. The quantitative estimate of drug-likeness (QED) is 0.608. The molecule has 2 rings (SSSR count). The number of carbonyl (C=O) groups excluding carboxylic acids is 1. The molecule has 0 radical (unpaired) electrons. The largest absolute Gasteiger partial charge is 0.385 e. The van der Waals surface area contributed by atoms with E-state index in [1.807, 2.05) is 26.0 Å². The summed E-state index contributed by atoms with van der Waals surface area (Å²) in [5, 5.41) is 6.10. The van der Waals surface area contributed by atoms with Gasteiger partial charge in [-0.3, -0.25) is 4.79 Å². The van der Waals surface area contributed by atoms with Crippen molar-refractivity contribution in [3.63, 3.8) is 0 Å². The lowest BCUT2D eigenvalue weighted by Gasteiger charge is -2.22. The molecule has 2 N–H and O–H groups in total. The van der Waals surface area contributed by atoms with Crippen LogP contribution in [0.2, 0.25) is 0 Å². The van der Waals surface area contributed by atoms with Gasteiger partial charge in [0.15, 0.2) is 0 Å². The van der Waals surface area contributed by atoms with Crippen LogP contribution in [0.4, 0.5) is 17.3 Å². The molecular weight excluding hydrogens is 354 g/mol. The first kappa shape index (κ1) is 21.6. The second-order valence-corrected chi connectivity index (χ2v) is 6.62. The monoisotopic (exact) mass is 385 g/mol. The van der Waals surface area contributed by atoms with Gasteiger partial charge in [0.05, 0.1) is 0 Å². The first-order valence-corrected chi connectivity index (χ1v) is 9.73. The molecule has 0 spiro atoms. The Labute approximate surface area is 167 Å². The van der Waals surface area contributed by atoms with Crippen molar-refractivity contribution in [1.82, 2.24) is 9.97 Å². The Morgan fingerprint density at radius 3 is 2.54 bits per heavy atom. The summed E-state index contributed by atoms with van der Waals surface area (Å²) >= 11 is 0. The fourth-order valence-electron chi connectivity index (χ4n) is 2.94. The van der Waals surface area contributed by atoms with Gasteiger partial charge in [-0.05, 0) is 63.9 Å². The zero-order chi connectivity index (χ0) is 20.5. The van der Waals surface area contributed by atoms with Gasteiger partial charge in [-0.1, -0.05) is 0 Å². The molecule has 0 unspecified atom stereocenters. The summed E-state index contributed by atoms with van der Waals surface area (Å²) in [5.41, 5.74) is 4.03. The van der Waals surface area contributed by atoms with Crippen LogP contribution < -0.4 is 15.5 Å². The molecule has 0 saturated carbocycles. The summed E-state index contributed by atoms with van der Waals surface area (Å²) in [6, 6.07) is 7.76. The summed E-state index contributed by atoms with van der Waals surface area (Å²) in [4.78, 5) is 23.7. The first-order chi connectivity index (χ1) is 13.5. The highest BCUT2D eigenvalue weighted by molar-refractivity contribution is 6.03. The van der Waals surface area contributed by atoms with Gasteiger partial charge in [0.25, 0.3) is 5.91 Å². The van der Waals surface area contributed by atoms with E-state index in [1.54, 1.807) is 13.2 Å². The summed E-state index contributed by atoms with van der Waals surface area (Å²) in [6.45, 7) is 11.3. The average molecular weight is 386 g/mol. The highest BCUT2D eigenvalue weighted by atomic mass is 16.5. The van der Waals surface area contributed by atoms with Crippen LogP contribution in [0, 0.1) is 13.8 Å². The molecule has 1 heterocycles. The second kappa shape index (κ2) is 10.6. The lowest BCUT2D eigenvalue weighted by Crippen LogP contribution is -2.22. The van der Waals surface area contributed by atoms with Crippen molar-refractivity contribution in [2.75, 3.05) is 48.9 Å². The van der Waals surface area contributed by atoms with E-state index in [2.05, 4.69) is 45.4 Å². The lowest BCUT2D eigenvalue weighted by atomic mass is 10.1. The Bertz CT molecular complexity index is 790. The molecule has 1 amide bonds. The van der Waals surface area contributed by atoms with Gasteiger partial charge in [-0.15, -0.1) is 0 Å². The van der Waals surface area contributed by atoms with Crippen molar-refractivity contribution in [2.24, 2.45) is 0 Å². The average Bonchev–Trinajstić information content (AvgIpc) is 2.68. The third-order valence-corrected chi connectivity index (χ3v) is 4.48. The van der Waals surface area contributed by atoms with Crippen molar-refractivity contribution in [3.05, 3.63) is 41.2 Å². The van der Waals surface area contributed by atoms with E-state index in [0.29, 0.717) is 24.8 Å². The molecule has 0 fully saturated rings. The van der Waals surface area contributed by atoms with Crippen LogP contribution in [0.5, 0.6) is 0 Å². The Morgan fingerprint density at radius 2 is 1.89 bits per heavy atom. The molecule has 2 aromatic rings. The maximum Gasteiger partial charge on any atom is 0.274 e. The van der Waals surface area contributed by atoms with Crippen molar-refractivity contribution in [1.29, 1.82) is 0 Å². The number of ether oxygens (including phenoxy) is 1. The standard InChI is InChI=1S/C21H31N5O2/c1-6-26(7-2)17-9-10-18(15(3)13-17)24-20(27)19-14-16(4)23-21(25-19)22-11-8-12-28-5/h9-10,13-14H,6-8,11-12H2,1-5H3,(H,24,27)(H,22,23,25). The Balaban J connectivity index is 2.11. The fraction of sp³-hybridized carbons (Fsp3) is 0.476. The van der Waals surface area contributed by atoms with Gasteiger partial charge < -0.3 is 20.3 Å².